The smallest absolute Gasteiger partial charge is 0.153 e. The van der Waals surface area contributed by atoms with Crippen LogP contribution in [-0.4, -0.2) is 4.98 Å². The minimum atomic E-state index is -0.576. The first-order valence-electron chi connectivity index (χ1n) is 5.91. The van der Waals surface area contributed by atoms with E-state index in [9.17, 15) is 4.39 Å². The van der Waals surface area contributed by atoms with Gasteiger partial charge in [-0.3, -0.25) is 4.98 Å². The molecule has 0 spiro atoms. The third kappa shape index (κ3) is 2.26. The SMILES string of the molecule is Nc1cc(F)c(Cl)cc1Oc1cccc2cccnc12. The van der Waals surface area contributed by atoms with E-state index in [1.165, 1.54) is 6.07 Å². The molecule has 0 aliphatic rings. The quantitative estimate of drug-likeness (QED) is 0.711. The van der Waals surface area contributed by atoms with Crippen LogP contribution < -0.4 is 10.5 Å². The number of nitrogens with two attached hydrogens (primary N) is 1. The van der Waals surface area contributed by atoms with Crippen LogP contribution in [0.1, 0.15) is 0 Å². The zero-order chi connectivity index (χ0) is 14.1. The van der Waals surface area contributed by atoms with Gasteiger partial charge in [-0.1, -0.05) is 29.8 Å². The largest absolute Gasteiger partial charge is 0.453 e. The molecule has 3 aromatic rings. The first-order valence-corrected chi connectivity index (χ1v) is 6.29. The third-order valence-electron chi connectivity index (χ3n) is 2.87. The van der Waals surface area contributed by atoms with Crippen LogP contribution in [-0.2, 0) is 0 Å². The van der Waals surface area contributed by atoms with E-state index in [2.05, 4.69) is 4.98 Å². The maximum absolute atomic E-state index is 13.3. The van der Waals surface area contributed by atoms with Crippen molar-refractivity contribution in [2.75, 3.05) is 5.73 Å². The van der Waals surface area contributed by atoms with Gasteiger partial charge in [-0.05, 0) is 12.1 Å². The second kappa shape index (κ2) is 4.98. The second-order valence-corrected chi connectivity index (χ2v) is 4.64. The molecule has 0 radical (unpaired) electrons. The zero-order valence-electron chi connectivity index (χ0n) is 10.3. The van der Waals surface area contributed by atoms with E-state index in [1.807, 2.05) is 24.3 Å². The number of ether oxygens (including phenoxy) is 1. The fourth-order valence-electron chi connectivity index (χ4n) is 1.91. The maximum atomic E-state index is 13.3. The van der Waals surface area contributed by atoms with Crippen LogP contribution in [0, 0.1) is 5.82 Å². The molecule has 0 bridgehead atoms. The van der Waals surface area contributed by atoms with Gasteiger partial charge in [-0.15, -0.1) is 0 Å². The average molecular weight is 289 g/mol. The number of nitrogens with zero attached hydrogens (tertiary/aromatic N) is 1. The van der Waals surface area contributed by atoms with Gasteiger partial charge in [0, 0.05) is 23.7 Å². The lowest BCUT2D eigenvalue weighted by Crippen LogP contribution is -1.95. The molecule has 0 fully saturated rings. The molecular weight excluding hydrogens is 279 g/mol. The van der Waals surface area contributed by atoms with Crippen molar-refractivity contribution >= 4 is 28.2 Å². The summed E-state index contributed by atoms with van der Waals surface area (Å²) in [5.41, 5.74) is 6.62. The highest BCUT2D eigenvalue weighted by Crippen LogP contribution is 2.34. The Labute approximate surface area is 119 Å². The first kappa shape index (κ1) is 12.7. The summed E-state index contributed by atoms with van der Waals surface area (Å²) in [7, 11) is 0. The Balaban J connectivity index is 2.08. The number of rotatable bonds is 2. The molecular formula is C15H10ClFN2O. The lowest BCUT2D eigenvalue weighted by molar-refractivity contribution is 0.487. The topological polar surface area (TPSA) is 48.1 Å². The summed E-state index contributed by atoms with van der Waals surface area (Å²) in [5.74, 6) is 0.264. The van der Waals surface area contributed by atoms with Crippen molar-refractivity contribution in [1.82, 2.24) is 4.98 Å². The van der Waals surface area contributed by atoms with E-state index in [0.717, 1.165) is 11.5 Å². The standard InChI is InChI=1S/C15H10ClFN2O/c16-10-7-14(12(18)8-11(10)17)20-13-5-1-3-9-4-2-6-19-15(9)13/h1-8H,18H2. The van der Waals surface area contributed by atoms with E-state index in [4.69, 9.17) is 22.1 Å². The van der Waals surface area contributed by atoms with Gasteiger partial charge >= 0.3 is 0 Å². The number of hydrogen-bond donors (Lipinski definition) is 1. The predicted molar refractivity (Wildman–Crippen MR) is 77.6 cm³/mol. The van der Waals surface area contributed by atoms with Gasteiger partial charge in [-0.2, -0.15) is 0 Å². The number of benzene rings is 2. The maximum Gasteiger partial charge on any atom is 0.153 e. The van der Waals surface area contributed by atoms with E-state index in [0.29, 0.717) is 17.0 Å². The Morgan fingerprint density at radius 1 is 1.10 bits per heavy atom. The molecule has 1 heterocycles. The first-order chi connectivity index (χ1) is 9.65. The van der Waals surface area contributed by atoms with E-state index in [1.54, 1.807) is 12.3 Å². The highest BCUT2D eigenvalue weighted by Gasteiger charge is 2.10. The van der Waals surface area contributed by atoms with E-state index < -0.39 is 5.82 Å². The average Bonchev–Trinajstić information content (AvgIpc) is 2.45. The summed E-state index contributed by atoms with van der Waals surface area (Å²) < 4.78 is 19.0. The van der Waals surface area contributed by atoms with Crippen LogP contribution >= 0.6 is 11.6 Å². The summed E-state index contributed by atoms with van der Waals surface area (Å²) in [4.78, 5) is 4.27. The van der Waals surface area contributed by atoms with Crippen molar-refractivity contribution in [2.45, 2.75) is 0 Å². The third-order valence-corrected chi connectivity index (χ3v) is 3.16. The van der Waals surface area contributed by atoms with Crippen LogP contribution in [0.3, 0.4) is 0 Å². The van der Waals surface area contributed by atoms with Crippen molar-refractivity contribution in [3.05, 3.63) is 59.5 Å². The van der Waals surface area contributed by atoms with Gasteiger partial charge in [-0.25, -0.2) is 4.39 Å². The minimum absolute atomic E-state index is 0.0394. The molecule has 0 saturated carbocycles. The molecule has 3 rings (SSSR count). The summed E-state index contributed by atoms with van der Waals surface area (Å²) in [6.07, 6.45) is 1.68. The zero-order valence-corrected chi connectivity index (χ0v) is 11.1. The Morgan fingerprint density at radius 3 is 2.75 bits per heavy atom. The van der Waals surface area contributed by atoms with Crippen LogP contribution in [0.5, 0.6) is 11.5 Å². The van der Waals surface area contributed by atoms with E-state index in [-0.39, 0.29) is 10.7 Å². The van der Waals surface area contributed by atoms with Crippen molar-refractivity contribution in [1.29, 1.82) is 0 Å². The van der Waals surface area contributed by atoms with Gasteiger partial charge in [0.15, 0.2) is 11.5 Å². The Morgan fingerprint density at radius 2 is 1.90 bits per heavy atom. The molecule has 0 aliphatic heterocycles. The molecule has 0 amide bonds. The second-order valence-electron chi connectivity index (χ2n) is 4.24. The molecule has 5 heteroatoms. The minimum Gasteiger partial charge on any atom is -0.453 e. The van der Waals surface area contributed by atoms with Crippen molar-refractivity contribution in [3.8, 4) is 11.5 Å². The number of fused-ring (bicyclic) bond motifs is 1. The number of pyridine rings is 1. The fourth-order valence-corrected chi connectivity index (χ4v) is 2.06. The van der Waals surface area contributed by atoms with Gasteiger partial charge in [0.2, 0.25) is 0 Å². The lowest BCUT2D eigenvalue weighted by Gasteiger charge is -2.11. The molecule has 2 aromatic carbocycles. The Kier molecular flexibility index (Phi) is 3.16. The van der Waals surface area contributed by atoms with Crippen molar-refractivity contribution in [3.63, 3.8) is 0 Å². The van der Waals surface area contributed by atoms with Crippen LogP contribution in [0.15, 0.2) is 48.7 Å². The number of halogens is 2. The summed E-state index contributed by atoms with van der Waals surface area (Å²) >= 11 is 5.74. The highest BCUT2D eigenvalue weighted by atomic mass is 35.5. The summed E-state index contributed by atoms with van der Waals surface area (Å²) in [6.45, 7) is 0. The number of nitrogen functional groups attached to an aromatic ring is 1. The van der Waals surface area contributed by atoms with Gasteiger partial charge < -0.3 is 10.5 Å². The lowest BCUT2D eigenvalue weighted by atomic mass is 10.2. The van der Waals surface area contributed by atoms with Crippen molar-refractivity contribution < 1.29 is 9.13 Å². The molecule has 0 aliphatic carbocycles. The molecule has 0 unspecified atom stereocenters. The molecule has 0 saturated heterocycles. The number of hydrogen-bond acceptors (Lipinski definition) is 3. The Bertz CT molecular complexity index is 787. The summed E-state index contributed by atoms with van der Waals surface area (Å²) in [5, 5.41) is 0.902. The number of anilines is 1. The predicted octanol–water partition coefficient (Wildman–Crippen LogP) is 4.40. The number of para-hydroxylation sites is 1. The Hall–Kier alpha value is -2.33. The van der Waals surface area contributed by atoms with Gasteiger partial charge in [0.25, 0.3) is 0 Å². The summed E-state index contributed by atoms with van der Waals surface area (Å²) in [6, 6.07) is 11.8. The molecule has 3 nitrogen and oxygen atoms in total. The van der Waals surface area contributed by atoms with E-state index >= 15 is 0 Å². The molecule has 20 heavy (non-hydrogen) atoms. The normalized spacial score (nSPS) is 10.7. The van der Waals surface area contributed by atoms with Gasteiger partial charge in [0.05, 0.1) is 10.7 Å². The van der Waals surface area contributed by atoms with Crippen LogP contribution in [0.4, 0.5) is 10.1 Å². The molecule has 100 valence electrons. The molecule has 2 N–H and O–H groups in total. The number of aromatic nitrogens is 1. The fraction of sp³-hybridized carbons (Fsp3) is 0. The monoisotopic (exact) mass is 288 g/mol. The van der Waals surface area contributed by atoms with Gasteiger partial charge in [0.1, 0.15) is 11.3 Å². The van der Waals surface area contributed by atoms with Crippen LogP contribution in [0.25, 0.3) is 10.9 Å². The molecule has 1 aromatic heterocycles. The highest BCUT2D eigenvalue weighted by molar-refractivity contribution is 6.31. The van der Waals surface area contributed by atoms with Crippen LogP contribution in [0.2, 0.25) is 5.02 Å². The van der Waals surface area contributed by atoms with Crippen molar-refractivity contribution in [2.24, 2.45) is 0 Å². The molecule has 0 atom stereocenters.